The topological polar surface area (TPSA) is 43.4 Å². The Hall–Kier alpha value is -0.380. The third kappa shape index (κ3) is 2.17. The molecular formula is C13H24NO2. The Balaban J connectivity index is 3.13. The second-order valence-electron chi connectivity index (χ2n) is 6.28. The van der Waals surface area contributed by atoms with Crippen molar-refractivity contribution in [2.24, 2.45) is 0 Å². The molecule has 3 heteroatoms. The average Bonchev–Trinajstić information content (AvgIpc) is 2.11. The van der Waals surface area contributed by atoms with Crippen molar-refractivity contribution in [3.05, 3.63) is 11.6 Å². The Morgan fingerprint density at radius 3 is 1.88 bits per heavy atom. The summed E-state index contributed by atoms with van der Waals surface area (Å²) in [4.78, 5) is 0. The molecule has 1 fully saturated rings. The molecule has 0 spiro atoms. The predicted molar refractivity (Wildman–Crippen MR) is 64.3 cm³/mol. The summed E-state index contributed by atoms with van der Waals surface area (Å²) >= 11 is 0. The summed E-state index contributed by atoms with van der Waals surface area (Å²) in [5, 5.41) is 24.0. The third-order valence-electron chi connectivity index (χ3n) is 3.72. The van der Waals surface area contributed by atoms with Crippen molar-refractivity contribution in [3.8, 4) is 0 Å². The number of nitrogens with zero attached hydrogens (tertiary/aromatic N) is 1. The fourth-order valence-corrected chi connectivity index (χ4v) is 3.00. The summed E-state index contributed by atoms with van der Waals surface area (Å²) in [6.07, 6.45) is 2.92. The lowest BCUT2D eigenvalue weighted by molar-refractivity contribution is -0.307. The van der Waals surface area contributed by atoms with E-state index in [4.69, 9.17) is 0 Å². The normalized spacial score (nSPS) is 29.1. The lowest BCUT2D eigenvalue weighted by Crippen LogP contribution is -2.63. The lowest BCUT2D eigenvalue weighted by Gasteiger charge is -2.53. The van der Waals surface area contributed by atoms with E-state index in [1.165, 1.54) is 0 Å². The van der Waals surface area contributed by atoms with Crippen molar-refractivity contribution in [2.75, 3.05) is 0 Å². The number of hydrogen-bond acceptors (Lipinski definition) is 2. The SMILES string of the molecule is C/C=C(/C)C1(O)CC(C)(C)N([O])C(C)(C)C1. The molecule has 16 heavy (non-hydrogen) atoms. The Kier molecular flexibility index (Phi) is 3.27. The highest BCUT2D eigenvalue weighted by molar-refractivity contribution is 5.20. The second kappa shape index (κ2) is 3.83. The van der Waals surface area contributed by atoms with E-state index in [0.717, 1.165) is 10.6 Å². The van der Waals surface area contributed by atoms with Gasteiger partial charge in [0.1, 0.15) is 0 Å². The predicted octanol–water partition coefficient (Wildman–Crippen LogP) is 2.68. The van der Waals surface area contributed by atoms with Crippen molar-refractivity contribution in [1.82, 2.24) is 5.06 Å². The van der Waals surface area contributed by atoms with Crippen LogP contribution in [0.15, 0.2) is 11.6 Å². The number of aliphatic hydroxyl groups is 1. The van der Waals surface area contributed by atoms with Crippen molar-refractivity contribution in [1.29, 1.82) is 0 Å². The van der Waals surface area contributed by atoms with Crippen molar-refractivity contribution in [2.45, 2.75) is 71.1 Å². The van der Waals surface area contributed by atoms with Gasteiger partial charge in [0.15, 0.2) is 0 Å². The van der Waals surface area contributed by atoms with Gasteiger partial charge in [-0.3, -0.25) is 0 Å². The van der Waals surface area contributed by atoms with Gasteiger partial charge in [-0.1, -0.05) is 6.08 Å². The van der Waals surface area contributed by atoms with Gasteiger partial charge in [0.05, 0.1) is 5.60 Å². The molecule has 0 aliphatic carbocycles. The first kappa shape index (κ1) is 13.7. The molecular weight excluding hydrogens is 202 g/mol. The largest absolute Gasteiger partial charge is 0.385 e. The first-order valence-electron chi connectivity index (χ1n) is 5.88. The van der Waals surface area contributed by atoms with Gasteiger partial charge in [0.2, 0.25) is 0 Å². The van der Waals surface area contributed by atoms with Crippen molar-refractivity contribution >= 4 is 0 Å². The van der Waals surface area contributed by atoms with Crippen LogP contribution in [0.4, 0.5) is 0 Å². The molecule has 1 N–H and O–H groups in total. The number of piperidine rings is 1. The monoisotopic (exact) mass is 226 g/mol. The van der Waals surface area contributed by atoms with Crippen LogP contribution in [0.5, 0.6) is 0 Å². The number of hydrogen-bond donors (Lipinski definition) is 1. The van der Waals surface area contributed by atoms with Gasteiger partial charge in [0.25, 0.3) is 0 Å². The maximum absolute atomic E-state index is 12.2. The zero-order chi connectivity index (χ0) is 12.8. The van der Waals surface area contributed by atoms with E-state index in [1.54, 1.807) is 0 Å². The van der Waals surface area contributed by atoms with Gasteiger partial charge >= 0.3 is 0 Å². The van der Waals surface area contributed by atoms with Crippen LogP contribution in [0.2, 0.25) is 0 Å². The van der Waals surface area contributed by atoms with E-state index in [2.05, 4.69) is 0 Å². The molecule has 1 saturated heterocycles. The molecule has 0 aromatic carbocycles. The molecule has 1 radical (unpaired) electrons. The molecule has 1 heterocycles. The third-order valence-corrected chi connectivity index (χ3v) is 3.72. The molecule has 0 unspecified atom stereocenters. The summed E-state index contributed by atoms with van der Waals surface area (Å²) in [6, 6.07) is 0. The van der Waals surface area contributed by atoms with Gasteiger partial charge < -0.3 is 5.11 Å². The van der Waals surface area contributed by atoms with Crippen LogP contribution in [0.25, 0.3) is 0 Å². The van der Waals surface area contributed by atoms with Crippen LogP contribution in [0.3, 0.4) is 0 Å². The molecule has 1 aliphatic rings. The molecule has 0 aromatic rings. The van der Waals surface area contributed by atoms with Gasteiger partial charge in [-0.15, -0.1) is 10.3 Å². The van der Waals surface area contributed by atoms with Crippen LogP contribution < -0.4 is 0 Å². The van der Waals surface area contributed by atoms with E-state index in [-0.39, 0.29) is 0 Å². The number of allylic oxidation sites excluding steroid dienone is 1. The van der Waals surface area contributed by atoms with Gasteiger partial charge in [0, 0.05) is 23.9 Å². The molecule has 0 atom stereocenters. The van der Waals surface area contributed by atoms with E-state index < -0.39 is 16.7 Å². The summed E-state index contributed by atoms with van der Waals surface area (Å²) in [5.74, 6) is 0. The van der Waals surface area contributed by atoms with Gasteiger partial charge in [-0.2, -0.15) is 0 Å². The minimum Gasteiger partial charge on any atom is -0.385 e. The van der Waals surface area contributed by atoms with Crippen LogP contribution >= 0.6 is 0 Å². The van der Waals surface area contributed by atoms with Crippen LogP contribution in [-0.4, -0.2) is 26.8 Å². The minimum absolute atomic E-state index is 0.489. The highest BCUT2D eigenvalue weighted by atomic mass is 16.5. The van der Waals surface area contributed by atoms with Crippen LogP contribution in [-0.2, 0) is 5.21 Å². The highest BCUT2D eigenvalue weighted by Gasteiger charge is 2.52. The van der Waals surface area contributed by atoms with Gasteiger partial charge in [-0.05, 0) is 47.1 Å². The first-order valence-corrected chi connectivity index (χ1v) is 5.88. The Morgan fingerprint density at radius 2 is 1.56 bits per heavy atom. The van der Waals surface area contributed by atoms with Crippen molar-refractivity contribution in [3.63, 3.8) is 0 Å². The van der Waals surface area contributed by atoms with Crippen LogP contribution in [0, 0.1) is 0 Å². The molecule has 3 nitrogen and oxygen atoms in total. The maximum Gasteiger partial charge on any atom is 0.0890 e. The maximum atomic E-state index is 12.2. The lowest BCUT2D eigenvalue weighted by atomic mass is 9.69. The zero-order valence-corrected chi connectivity index (χ0v) is 11.3. The molecule has 1 aliphatic heterocycles. The summed E-state index contributed by atoms with van der Waals surface area (Å²) in [7, 11) is 0. The molecule has 0 amide bonds. The summed E-state index contributed by atoms with van der Waals surface area (Å²) in [6.45, 7) is 11.5. The zero-order valence-electron chi connectivity index (χ0n) is 11.3. The fourth-order valence-electron chi connectivity index (χ4n) is 3.00. The van der Waals surface area contributed by atoms with E-state index >= 15 is 0 Å². The van der Waals surface area contributed by atoms with Crippen molar-refractivity contribution < 1.29 is 10.3 Å². The Morgan fingerprint density at radius 1 is 1.19 bits per heavy atom. The molecule has 0 aromatic heterocycles. The van der Waals surface area contributed by atoms with Gasteiger partial charge in [-0.25, -0.2) is 0 Å². The number of rotatable bonds is 1. The van der Waals surface area contributed by atoms with E-state index in [1.807, 2.05) is 47.6 Å². The van der Waals surface area contributed by atoms with Crippen LogP contribution in [0.1, 0.15) is 54.4 Å². The molecule has 0 bridgehead atoms. The average molecular weight is 226 g/mol. The first-order chi connectivity index (χ1) is 7.05. The van der Waals surface area contributed by atoms with E-state index in [9.17, 15) is 10.3 Å². The number of hydroxylamine groups is 2. The fraction of sp³-hybridized carbons (Fsp3) is 0.846. The Bertz CT molecular complexity index is 287. The smallest absolute Gasteiger partial charge is 0.0890 e. The molecule has 0 saturated carbocycles. The molecule has 93 valence electrons. The Labute approximate surface area is 98.7 Å². The highest BCUT2D eigenvalue weighted by Crippen LogP contribution is 2.45. The molecule has 1 rings (SSSR count). The van der Waals surface area contributed by atoms with E-state index in [0.29, 0.717) is 12.8 Å². The summed E-state index contributed by atoms with van der Waals surface area (Å²) < 4.78 is 0. The quantitative estimate of drug-likeness (QED) is 0.699. The standard InChI is InChI=1S/C13H24NO2/c1-7-10(2)13(15)8-11(3,4)14(16)12(5,6)9-13/h7,15H,8-9H2,1-6H3/b10-7-. The minimum atomic E-state index is -0.845. The second-order valence-corrected chi connectivity index (χ2v) is 6.28. The summed E-state index contributed by atoms with van der Waals surface area (Å²) in [5.41, 5.74) is -0.939.